The lowest BCUT2D eigenvalue weighted by molar-refractivity contribution is -0.149. The molecular formula is C17H18N6O2. The molecule has 0 radical (unpaired) electrons. The van der Waals surface area contributed by atoms with Crippen molar-refractivity contribution in [2.45, 2.75) is 25.4 Å². The number of fused-ring (bicyclic) bond motifs is 1. The molecule has 25 heavy (non-hydrogen) atoms. The number of imidazole rings is 1. The maximum absolute atomic E-state index is 11.6. The zero-order valence-electron chi connectivity index (χ0n) is 13.8. The molecule has 1 aliphatic rings. The van der Waals surface area contributed by atoms with Crippen molar-refractivity contribution >= 4 is 23.0 Å². The van der Waals surface area contributed by atoms with Crippen LogP contribution in [0.5, 0.6) is 0 Å². The quantitative estimate of drug-likeness (QED) is 0.711. The second-order valence-corrected chi connectivity index (χ2v) is 6.11. The van der Waals surface area contributed by atoms with Crippen LogP contribution >= 0.6 is 0 Å². The molecule has 1 N–H and O–H groups in total. The third-order valence-electron chi connectivity index (χ3n) is 4.58. The summed E-state index contributed by atoms with van der Waals surface area (Å²) in [6.07, 6.45) is 8.36. The fraction of sp³-hybridized carbons (Fsp3) is 0.353. The Labute approximate surface area is 144 Å². The largest absolute Gasteiger partial charge is 0.469 e. The predicted molar refractivity (Wildman–Crippen MR) is 90.7 cm³/mol. The van der Waals surface area contributed by atoms with E-state index >= 15 is 0 Å². The zero-order chi connectivity index (χ0) is 17.2. The van der Waals surface area contributed by atoms with Gasteiger partial charge in [0, 0.05) is 25.0 Å². The summed E-state index contributed by atoms with van der Waals surface area (Å²) < 4.78 is 6.82. The van der Waals surface area contributed by atoms with E-state index < -0.39 is 0 Å². The Hall–Kier alpha value is -3.03. The van der Waals surface area contributed by atoms with Gasteiger partial charge in [-0.2, -0.15) is 0 Å². The molecule has 3 aromatic heterocycles. The van der Waals surface area contributed by atoms with E-state index in [1.54, 1.807) is 12.5 Å². The first-order valence-corrected chi connectivity index (χ1v) is 8.14. The summed E-state index contributed by atoms with van der Waals surface area (Å²) in [5.41, 5.74) is 2.57. The average Bonchev–Trinajstić information content (AvgIpc) is 3.04. The van der Waals surface area contributed by atoms with Crippen molar-refractivity contribution in [1.82, 2.24) is 24.5 Å². The van der Waals surface area contributed by atoms with E-state index in [-0.39, 0.29) is 17.9 Å². The van der Waals surface area contributed by atoms with Crippen LogP contribution in [0.1, 0.15) is 24.4 Å². The molecule has 8 heteroatoms. The summed E-state index contributed by atoms with van der Waals surface area (Å²) in [5, 5.41) is 3.29. The fourth-order valence-electron chi connectivity index (χ4n) is 3.11. The average molecular weight is 338 g/mol. The van der Waals surface area contributed by atoms with Crippen LogP contribution in [0, 0.1) is 5.92 Å². The number of hydrogen-bond donors (Lipinski definition) is 1. The number of nitrogens with zero attached hydrogens (tertiary/aromatic N) is 5. The summed E-state index contributed by atoms with van der Waals surface area (Å²) in [6.45, 7) is 0.612. The highest BCUT2D eigenvalue weighted by atomic mass is 16.5. The van der Waals surface area contributed by atoms with E-state index in [2.05, 4.69) is 25.3 Å². The van der Waals surface area contributed by atoms with Gasteiger partial charge >= 0.3 is 5.97 Å². The normalized spacial score (nSPS) is 19.4. The summed E-state index contributed by atoms with van der Waals surface area (Å²) in [6, 6.07) is 4.11. The summed E-state index contributed by atoms with van der Waals surface area (Å²) in [4.78, 5) is 28.8. The van der Waals surface area contributed by atoms with E-state index in [1.165, 1.54) is 13.4 Å². The van der Waals surface area contributed by atoms with Crippen molar-refractivity contribution in [2.75, 3.05) is 12.4 Å². The molecule has 3 heterocycles. The van der Waals surface area contributed by atoms with Crippen LogP contribution in [-0.2, 0) is 16.1 Å². The van der Waals surface area contributed by atoms with Crippen molar-refractivity contribution in [3.8, 4) is 0 Å². The third-order valence-corrected chi connectivity index (χ3v) is 4.58. The van der Waals surface area contributed by atoms with Crippen molar-refractivity contribution in [1.29, 1.82) is 0 Å². The van der Waals surface area contributed by atoms with Crippen LogP contribution < -0.4 is 5.32 Å². The molecule has 0 unspecified atom stereocenters. The van der Waals surface area contributed by atoms with Gasteiger partial charge in [-0.15, -0.1) is 0 Å². The van der Waals surface area contributed by atoms with Gasteiger partial charge in [0.15, 0.2) is 11.5 Å². The molecule has 0 bridgehead atoms. The molecule has 4 rings (SSSR count). The van der Waals surface area contributed by atoms with Gasteiger partial charge in [0.2, 0.25) is 0 Å². The highest BCUT2D eigenvalue weighted by Crippen LogP contribution is 2.40. The van der Waals surface area contributed by atoms with Crippen LogP contribution in [0.3, 0.4) is 0 Å². The molecule has 0 aliphatic heterocycles. The van der Waals surface area contributed by atoms with Gasteiger partial charge in [0.1, 0.15) is 11.8 Å². The van der Waals surface area contributed by atoms with Crippen molar-refractivity contribution in [3.05, 3.63) is 42.7 Å². The van der Waals surface area contributed by atoms with Crippen LogP contribution in [0.2, 0.25) is 0 Å². The fourth-order valence-corrected chi connectivity index (χ4v) is 3.11. The van der Waals surface area contributed by atoms with Crippen LogP contribution in [0.15, 0.2) is 37.2 Å². The molecule has 1 fully saturated rings. The molecule has 8 nitrogen and oxygen atoms in total. The Morgan fingerprint density at radius 2 is 2.24 bits per heavy atom. The van der Waals surface area contributed by atoms with E-state index in [0.717, 1.165) is 29.6 Å². The highest BCUT2D eigenvalue weighted by molar-refractivity contribution is 5.83. The SMILES string of the molecule is COC(=O)C1CC(n2cnc3c(NCc4cccnc4)ncnc32)C1. The second kappa shape index (κ2) is 6.46. The first-order valence-electron chi connectivity index (χ1n) is 8.14. The Morgan fingerprint density at radius 1 is 1.36 bits per heavy atom. The molecule has 0 saturated heterocycles. The number of pyridine rings is 1. The lowest BCUT2D eigenvalue weighted by atomic mass is 9.80. The topological polar surface area (TPSA) is 94.8 Å². The third kappa shape index (κ3) is 2.90. The molecule has 128 valence electrons. The molecule has 0 aromatic carbocycles. The van der Waals surface area contributed by atoms with E-state index in [0.29, 0.717) is 12.4 Å². The van der Waals surface area contributed by atoms with Crippen LogP contribution in [0.25, 0.3) is 11.2 Å². The van der Waals surface area contributed by atoms with Gasteiger partial charge in [0.05, 0.1) is 19.4 Å². The predicted octanol–water partition coefficient (Wildman–Crippen LogP) is 1.96. The first kappa shape index (κ1) is 15.5. The molecule has 0 amide bonds. The zero-order valence-corrected chi connectivity index (χ0v) is 13.8. The molecular weight excluding hydrogens is 320 g/mol. The van der Waals surface area contributed by atoms with Gasteiger partial charge in [-0.25, -0.2) is 15.0 Å². The minimum absolute atomic E-state index is 0.0301. The first-order chi connectivity index (χ1) is 12.3. The Balaban J connectivity index is 1.52. The number of hydrogen-bond acceptors (Lipinski definition) is 7. The van der Waals surface area contributed by atoms with Crippen LogP contribution in [0.4, 0.5) is 5.82 Å². The van der Waals surface area contributed by atoms with E-state index in [4.69, 9.17) is 4.74 Å². The maximum Gasteiger partial charge on any atom is 0.308 e. The number of carbonyl (C=O) groups excluding carboxylic acids is 1. The monoisotopic (exact) mass is 338 g/mol. The number of methoxy groups -OCH3 is 1. The van der Waals surface area contributed by atoms with Gasteiger partial charge < -0.3 is 14.6 Å². The lowest BCUT2D eigenvalue weighted by Gasteiger charge is -2.34. The lowest BCUT2D eigenvalue weighted by Crippen LogP contribution is -2.33. The van der Waals surface area contributed by atoms with Gasteiger partial charge in [-0.1, -0.05) is 6.07 Å². The van der Waals surface area contributed by atoms with Crippen LogP contribution in [-0.4, -0.2) is 37.6 Å². The Kier molecular flexibility index (Phi) is 4.01. The van der Waals surface area contributed by atoms with Gasteiger partial charge in [0.25, 0.3) is 0 Å². The second-order valence-electron chi connectivity index (χ2n) is 6.11. The van der Waals surface area contributed by atoms with E-state index in [9.17, 15) is 4.79 Å². The number of esters is 1. The number of carbonyl (C=O) groups is 1. The molecule has 1 saturated carbocycles. The number of rotatable bonds is 5. The van der Waals surface area contributed by atoms with Crippen molar-refractivity contribution in [2.24, 2.45) is 5.92 Å². The smallest absolute Gasteiger partial charge is 0.308 e. The van der Waals surface area contributed by atoms with Crippen molar-refractivity contribution in [3.63, 3.8) is 0 Å². The summed E-state index contributed by atoms with van der Waals surface area (Å²) in [7, 11) is 1.43. The van der Waals surface area contributed by atoms with Crippen molar-refractivity contribution < 1.29 is 9.53 Å². The molecule has 1 aliphatic carbocycles. The Bertz CT molecular complexity index is 889. The van der Waals surface area contributed by atoms with Gasteiger partial charge in [-0.3, -0.25) is 9.78 Å². The molecule has 0 atom stereocenters. The van der Waals surface area contributed by atoms with E-state index in [1.807, 2.05) is 22.9 Å². The number of anilines is 1. The number of nitrogens with one attached hydrogen (secondary N) is 1. The summed E-state index contributed by atoms with van der Waals surface area (Å²) >= 11 is 0. The molecule has 0 spiro atoms. The Morgan fingerprint density at radius 3 is 3.00 bits per heavy atom. The number of aromatic nitrogens is 5. The molecule has 3 aromatic rings. The minimum Gasteiger partial charge on any atom is -0.469 e. The minimum atomic E-state index is -0.144. The van der Waals surface area contributed by atoms with Gasteiger partial charge in [-0.05, 0) is 24.5 Å². The number of ether oxygens (including phenoxy) is 1. The summed E-state index contributed by atoms with van der Waals surface area (Å²) in [5.74, 6) is 0.517. The highest BCUT2D eigenvalue weighted by Gasteiger charge is 2.37. The standard InChI is InChI=1S/C17H18N6O2/c1-25-17(24)12-5-13(6-12)23-10-22-14-15(20-9-21-16(14)23)19-8-11-3-2-4-18-7-11/h2-4,7,9-10,12-13H,5-6,8H2,1H3,(H,19,20,21). The maximum atomic E-state index is 11.6.